The lowest BCUT2D eigenvalue weighted by atomic mass is 9.88. The van der Waals surface area contributed by atoms with Gasteiger partial charge < -0.3 is 14.2 Å². The van der Waals surface area contributed by atoms with Gasteiger partial charge in [-0.25, -0.2) is 0 Å². The van der Waals surface area contributed by atoms with Crippen LogP contribution in [0.5, 0.6) is 0 Å². The van der Waals surface area contributed by atoms with E-state index in [2.05, 4.69) is 14.2 Å². The van der Waals surface area contributed by atoms with E-state index in [1.807, 2.05) is 0 Å². The van der Waals surface area contributed by atoms with Crippen molar-refractivity contribution in [1.82, 2.24) is 0 Å². The summed E-state index contributed by atoms with van der Waals surface area (Å²) in [5.41, 5.74) is -2.01. The van der Waals surface area contributed by atoms with Crippen molar-refractivity contribution in [3.63, 3.8) is 0 Å². The van der Waals surface area contributed by atoms with Gasteiger partial charge in [-0.05, 0) is 0 Å². The minimum atomic E-state index is -5.88. The maximum absolute atomic E-state index is 12.3. The van der Waals surface area contributed by atoms with E-state index >= 15 is 0 Å². The molecule has 0 amide bonds. The lowest BCUT2D eigenvalue weighted by Crippen LogP contribution is -2.55. The third-order valence-corrected chi connectivity index (χ3v) is 3.12. The number of hydrogen-bond acceptors (Lipinski definition) is 3. The van der Waals surface area contributed by atoms with Gasteiger partial charge >= 0.3 is 24.7 Å². The molecule has 1 saturated heterocycles. The maximum Gasteiger partial charge on any atom is 0.423 e. The Morgan fingerprint density at radius 3 is 1.04 bits per heavy atom. The average molecular weight is 418 g/mol. The Morgan fingerprint density at radius 1 is 0.615 bits per heavy atom. The van der Waals surface area contributed by atoms with E-state index in [0.717, 1.165) is 0 Å². The number of hydrogen-bond donors (Lipinski definition) is 0. The summed E-state index contributed by atoms with van der Waals surface area (Å²) in [6, 6.07) is 0. The highest BCUT2D eigenvalue weighted by molar-refractivity contribution is 4.89. The zero-order valence-corrected chi connectivity index (χ0v) is 12.2. The SMILES string of the molecule is FC(F)(F)C(OCC1(COC(C(F)(F)F)C(F)(F)F)COC1)C(F)(F)F. The molecule has 26 heavy (non-hydrogen) atoms. The fourth-order valence-electron chi connectivity index (χ4n) is 1.87. The second-order valence-corrected chi connectivity index (χ2v) is 5.54. The van der Waals surface area contributed by atoms with E-state index in [0.29, 0.717) is 0 Å². The molecule has 0 aromatic rings. The Kier molecular flexibility index (Phi) is 6.41. The largest absolute Gasteiger partial charge is 0.423 e. The Morgan fingerprint density at radius 2 is 0.885 bits per heavy atom. The van der Waals surface area contributed by atoms with Crippen LogP contribution in [0.25, 0.3) is 0 Å². The monoisotopic (exact) mass is 418 g/mol. The van der Waals surface area contributed by atoms with Crippen molar-refractivity contribution in [3.8, 4) is 0 Å². The summed E-state index contributed by atoms with van der Waals surface area (Å²) >= 11 is 0. The number of alkyl halides is 12. The Hall–Kier alpha value is -0.960. The molecule has 0 spiro atoms. The second-order valence-electron chi connectivity index (χ2n) is 5.54. The lowest BCUT2D eigenvalue weighted by molar-refractivity contribution is -0.346. The maximum atomic E-state index is 12.3. The molecule has 1 rings (SSSR count). The molecule has 0 bridgehead atoms. The van der Waals surface area contributed by atoms with E-state index in [4.69, 9.17) is 0 Å². The van der Waals surface area contributed by atoms with Crippen LogP contribution >= 0.6 is 0 Å². The van der Waals surface area contributed by atoms with E-state index in [9.17, 15) is 52.7 Å². The summed E-state index contributed by atoms with van der Waals surface area (Å²) in [5.74, 6) is 0. The van der Waals surface area contributed by atoms with Crippen LogP contribution in [-0.2, 0) is 14.2 Å². The quantitative estimate of drug-likeness (QED) is 0.610. The van der Waals surface area contributed by atoms with Crippen LogP contribution in [0, 0.1) is 5.41 Å². The first-order valence-corrected chi connectivity index (χ1v) is 6.46. The van der Waals surface area contributed by atoms with Gasteiger partial charge in [-0.2, -0.15) is 52.7 Å². The summed E-state index contributed by atoms with van der Waals surface area (Å²) in [6.07, 6.45) is -32.0. The predicted octanol–water partition coefficient (Wildman–Crippen LogP) is 4.02. The van der Waals surface area contributed by atoms with Crippen LogP contribution in [0.4, 0.5) is 52.7 Å². The molecule has 1 fully saturated rings. The molecule has 15 heteroatoms. The van der Waals surface area contributed by atoms with Crippen LogP contribution in [0.3, 0.4) is 0 Å². The van der Waals surface area contributed by atoms with Gasteiger partial charge in [-0.15, -0.1) is 0 Å². The van der Waals surface area contributed by atoms with Gasteiger partial charge in [0.2, 0.25) is 12.2 Å². The fraction of sp³-hybridized carbons (Fsp3) is 1.00. The van der Waals surface area contributed by atoms with E-state index in [-0.39, 0.29) is 0 Å². The van der Waals surface area contributed by atoms with Gasteiger partial charge in [0.15, 0.2) is 0 Å². The van der Waals surface area contributed by atoms with Crippen molar-refractivity contribution in [2.45, 2.75) is 36.9 Å². The highest BCUT2D eigenvalue weighted by atomic mass is 19.4. The minimum absolute atomic E-state index is 0.738. The number of halogens is 12. The average Bonchev–Trinajstić information content (AvgIpc) is 2.27. The number of ether oxygens (including phenoxy) is 3. The van der Waals surface area contributed by atoms with Crippen molar-refractivity contribution >= 4 is 0 Å². The summed E-state index contributed by atoms with van der Waals surface area (Å²) in [7, 11) is 0. The molecule has 156 valence electrons. The van der Waals surface area contributed by atoms with Crippen LogP contribution in [0.2, 0.25) is 0 Å². The predicted molar refractivity (Wildman–Crippen MR) is 57.0 cm³/mol. The van der Waals surface area contributed by atoms with Crippen molar-refractivity contribution in [1.29, 1.82) is 0 Å². The molecule has 1 heterocycles. The molecular weight excluding hydrogens is 408 g/mol. The van der Waals surface area contributed by atoms with Crippen molar-refractivity contribution in [2.75, 3.05) is 26.4 Å². The summed E-state index contributed by atoms with van der Waals surface area (Å²) in [6.45, 7) is -4.42. The van der Waals surface area contributed by atoms with Gasteiger partial charge in [0, 0.05) is 0 Å². The molecule has 0 radical (unpaired) electrons. The van der Waals surface area contributed by atoms with Gasteiger partial charge in [-0.1, -0.05) is 0 Å². The number of rotatable bonds is 6. The van der Waals surface area contributed by atoms with Gasteiger partial charge in [-0.3, -0.25) is 0 Å². The van der Waals surface area contributed by atoms with Crippen molar-refractivity contribution < 1.29 is 66.9 Å². The summed E-state index contributed by atoms with van der Waals surface area (Å²) in [4.78, 5) is 0. The highest BCUT2D eigenvalue weighted by Gasteiger charge is 2.61. The van der Waals surface area contributed by atoms with Crippen LogP contribution < -0.4 is 0 Å². The minimum Gasteiger partial charge on any atom is -0.380 e. The fourth-order valence-corrected chi connectivity index (χ4v) is 1.87. The lowest BCUT2D eigenvalue weighted by Gasteiger charge is -2.42. The molecule has 0 unspecified atom stereocenters. The normalized spacial score (nSPS) is 19.2. The van der Waals surface area contributed by atoms with E-state index in [1.165, 1.54) is 0 Å². The zero-order chi connectivity index (χ0) is 20.6. The molecule has 1 aliphatic rings. The highest BCUT2D eigenvalue weighted by Crippen LogP contribution is 2.40. The first-order chi connectivity index (χ1) is 11.4. The van der Waals surface area contributed by atoms with E-state index in [1.54, 1.807) is 0 Å². The van der Waals surface area contributed by atoms with E-state index < -0.39 is 68.8 Å². The first-order valence-electron chi connectivity index (χ1n) is 6.46. The molecular formula is C11H10F12O3. The molecule has 0 aromatic heterocycles. The van der Waals surface area contributed by atoms with Crippen LogP contribution in [-0.4, -0.2) is 63.3 Å². The Balaban J connectivity index is 2.80. The van der Waals surface area contributed by atoms with Crippen molar-refractivity contribution in [3.05, 3.63) is 0 Å². The third-order valence-electron chi connectivity index (χ3n) is 3.12. The van der Waals surface area contributed by atoms with Crippen LogP contribution in [0.1, 0.15) is 0 Å². The summed E-state index contributed by atoms with van der Waals surface area (Å²) in [5, 5.41) is 0. The molecule has 0 aromatic carbocycles. The van der Waals surface area contributed by atoms with Gasteiger partial charge in [0.05, 0.1) is 31.8 Å². The van der Waals surface area contributed by atoms with Gasteiger partial charge in [0.1, 0.15) is 0 Å². The first kappa shape index (κ1) is 23.1. The summed E-state index contributed by atoms with van der Waals surface area (Å²) < 4.78 is 160. The zero-order valence-electron chi connectivity index (χ0n) is 12.2. The van der Waals surface area contributed by atoms with Crippen LogP contribution in [0.15, 0.2) is 0 Å². The second kappa shape index (κ2) is 7.22. The third kappa shape index (κ3) is 6.04. The molecule has 0 aliphatic carbocycles. The Labute approximate surface area is 137 Å². The molecule has 1 aliphatic heterocycles. The molecule has 0 N–H and O–H groups in total. The molecule has 3 nitrogen and oxygen atoms in total. The molecule has 0 atom stereocenters. The molecule has 0 saturated carbocycles. The Bertz CT molecular complexity index is 393. The van der Waals surface area contributed by atoms with Crippen molar-refractivity contribution in [2.24, 2.45) is 5.41 Å². The van der Waals surface area contributed by atoms with Gasteiger partial charge in [0.25, 0.3) is 0 Å². The topological polar surface area (TPSA) is 27.7 Å². The smallest absolute Gasteiger partial charge is 0.380 e. The standard InChI is InChI=1S/C11H10F12O3/c12-8(13,14)5(9(15,16)17)25-3-7(1-24-2-7)4-26-6(10(18,19)20)11(21,22)23/h5-6H,1-4H2.